The molecule has 0 saturated heterocycles. The van der Waals surface area contributed by atoms with Crippen LogP contribution in [0.4, 0.5) is 0 Å². The third kappa shape index (κ3) is 5.63. The standard InChI is InChI=1S/C21H22ClN5O2.HI/c1-23-21(25-13-17-12-15-4-2-3-5-18(15)28-17)24-11-10-19-26-20(27-29-19)14-6-8-16(22)9-7-14;/h2-9,17H,10-13H2,1H3,(H2,23,24,25);1H. The number of para-hydroxylation sites is 1. The molecule has 0 saturated carbocycles. The van der Waals surface area contributed by atoms with E-state index in [1.54, 1.807) is 19.2 Å². The number of hydrogen-bond acceptors (Lipinski definition) is 5. The Hall–Kier alpha value is -2.33. The number of ether oxygens (including phenoxy) is 1. The SMILES string of the molecule is CN=C(NCCc1nc(-c2ccc(Cl)cc2)no1)NCC1Cc2ccccc2O1.I. The smallest absolute Gasteiger partial charge is 0.228 e. The van der Waals surface area contributed by atoms with Crippen LogP contribution in [0.5, 0.6) is 5.75 Å². The van der Waals surface area contributed by atoms with Crippen molar-refractivity contribution in [3.63, 3.8) is 0 Å². The number of guanidine groups is 1. The summed E-state index contributed by atoms with van der Waals surface area (Å²) in [5.41, 5.74) is 2.11. The second kappa shape index (κ2) is 10.6. The summed E-state index contributed by atoms with van der Waals surface area (Å²) >= 11 is 5.91. The van der Waals surface area contributed by atoms with Crippen LogP contribution in [-0.2, 0) is 12.8 Å². The van der Waals surface area contributed by atoms with E-state index < -0.39 is 0 Å². The van der Waals surface area contributed by atoms with Gasteiger partial charge < -0.3 is 19.9 Å². The summed E-state index contributed by atoms with van der Waals surface area (Å²) < 4.78 is 11.3. The predicted octanol–water partition coefficient (Wildman–Crippen LogP) is 3.72. The summed E-state index contributed by atoms with van der Waals surface area (Å²) in [6, 6.07) is 15.5. The average molecular weight is 540 g/mol. The lowest BCUT2D eigenvalue weighted by atomic mass is 10.1. The molecule has 9 heteroatoms. The lowest BCUT2D eigenvalue weighted by Crippen LogP contribution is -2.42. The highest BCUT2D eigenvalue weighted by Gasteiger charge is 2.22. The molecule has 2 aromatic carbocycles. The van der Waals surface area contributed by atoms with Gasteiger partial charge in [0, 0.05) is 37.0 Å². The highest BCUT2D eigenvalue weighted by molar-refractivity contribution is 14.0. The summed E-state index contributed by atoms with van der Waals surface area (Å²) in [6.07, 6.45) is 1.59. The van der Waals surface area contributed by atoms with Gasteiger partial charge in [0.25, 0.3) is 0 Å². The third-order valence-electron chi connectivity index (χ3n) is 4.64. The Balaban J connectivity index is 0.00000256. The van der Waals surface area contributed by atoms with Gasteiger partial charge in [0.15, 0.2) is 5.96 Å². The summed E-state index contributed by atoms with van der Waals surface area (Å²) in [6.45, 7) is 1.29. The first-order valence-electron chi connectivity index (χ1n) is 9.49. The molecule has 0 spiro atoms. The van der Waals surface area contributed by atoms with Gasteiger partial charge in [-0.15, -0.1) is 24.0 Å². The number of hydrogen-bond donors (Lipinski definition) is 2. The van der Waals surface area contributed by atoms with Crippen molar-refractivity contribution in [1.29, 1.82) is 0 Å². The van der Waals surface area contributed by atoms with Crippen molar-refractivity contribution in [2.24, 2.45) is 4.99 Å². The molecule has 1 atom stereocenters. The molecule has 4 rings (SSSR count). The predicted molar refractivity (Wildman–Crippen MR) is 128 cm³/mol. The first kappa shape index (κ1) is 22.4. The molecule has 1 unspecified atom stereocenters. The number of aromatic nitrogens is 2. The van der Waals surface area contributed by atoms with E-state index in [4.69, 9.17) is 20.9 Å². The average Bonchev–Trinajstić information content (AvgIpc) is 3.38. The van der Waals surface area contributed by atoms with E-state index in [1.807, 2.05) is 30.3 Å². The molecule has 0 bridgehead atoms. The van der Waals surface area contributed by atoms with E-state index in [-0.39, 0.29) is 30.1 Å². The molecule has 7 nitrogen and oxygen atoms in total. The van der Waals surface area contributed by atoms with Crippen molar-refractivity contribution in [3.05, 3.63) is 65.0 Å². The molecule has 30 heavy (non-hydrogen) atoms. The molecule has 2 N–H and O–H groups in total. The van der Waals surface area contributed by atoms with Gasteiger partial charge in [0.2, 0.25) is 11.7 Å². The van der Waals surface area contributed by atoms with Gasteiger partial charge in [-0.25, -0.2) is 0 Å². The Morgan fingerprint density at radius 3 is 2.73 bits per heavy atom. The molecule has 1 aliphatic heterocycles. The molecule has 1 aliphatic rings. The highest BCUT2D eigenvalue weighted by Crippen LogP contribution is 2.27. The van der Waals surface area contributed by atoms with E-state index in [2.05, 4.69) is 31.8 Å². The highest BCUT2D eigenvalue weighted by atomic mass is 127. The van der Waals surface area contributed by atoms with Crippen molar-refractivity contribution in [3.8, 4) is 17.1 Å². The molecule has 0 radical (unpaired) electrons. The zero-order chi connectivity index (χ0) is 20.1. The minimum Gasteiger partial charge on any atom is -0.488 e. The van der Waals surface area contributed by atoms with E-state index >= 15 is 0 Å². The number of nitrogens with one attached hydrogen (secondary N) is 2. The van der Waals surface area contributed by atoms with Crippen LogP contribution in [0.15, 0.2) is 58.0 Å². The molecule has 158 valence electrons. The number of fused-ring (bicyclic) bond motifs is 1. The van der Waals surface area contributed by atoms with Crippen molar-refractivity contribution >= 4 is 41.5 Å². The van der Waals surface area contributed by atoms with Gasteiger partial charge in [-0.05, 0) is 35.9 Å². The molecule has 1 aromatic heterocycles. The van der Waals surface area contributed by atoms with E-state index in [0.717, 1.165) is 17.7 Å². The molecule has 3 aromatic rings. The zero-order valence-corrected chi connectivity index (χ0v) is 19.6. The second-order valence-electron chi connectivity index (χ2n) is 6.70. The Morgan fingerprint density at radius 2 is 1.97 bits per heavy atom. The number of nitrogens with zero attached hydrogens (tertiary/aromatic N) is 3. The maximum atomic E-state index is 5.94. The fourth-order valence-corrected chi connectivity index (χ4v) is 3.29. The van der Waals surface area contributed by atoms with Crippen molar-refractivity contribution in [2.75, 3.05) is 20.1 Å². The second-order valence-corrected chi connectivity index (χ2v) is 7.14. The van der Waals surface area contributed by atoms with Crippen LogP contribution >= 0.6 is 35.6 Å². The Morgan fingerprint density at radius 1 is 1.17 bits per heavy atom. The van der Waals surface area contributed by atoms with Crippen molar-refractivity contribution in [2.45, 2.75) is 18.9 Å². The summed E-state index contributed by atoms with van der Waals surface area (Å²) in [4.78, 5) is 8.67. The third-order valence-corrected chi connectivity index (χ3v) is 4.89. The minimum atomic E-state index is 0. The maximum absolute atomic E-state index is 5.94. The van der Waals surface area contributed by atoms with Gasteiger partial charge >= 0.3 is 0 Å². The summed E-state index contributed by atoms with van der Waals surface area (Å²) in [5, 5.41) is 11.3. The molecular weight excluding hydrogens is 517 g/mol. The monoisotopic (exact) mass is 539 g/mol. The first-order valence-corrected chi connectivity index (χ1v) is 9.86. The molecule has 0 amide bonds. The maximum Gasteiger partial charge on any atom is 0.228 e. The van der Waals surface area contributed by atoms with E-state index in [0.29, 0.717) is 42.2 Å². The van der Waals surface area contributed by atoms with Crippen LogP contribution in [0.3, 0.4) is 0 Å². The molecule has 0 aliphatic carbocycles. The number of halogens is 2. The molecule has 2 heterocycles. The van der Waals surface area contributed by atoms with E-state index in [9.17, 15) is 0 Å². The normalized spacial score (nSPS) is 15.1. The van der Waals surface area contributed by atoms with Crippen LogP contribution in [0, 0.1) is 0 Å². The van der Waals surface area contributed by atoms with Crippen LogP contribution in [0.2, 0.25) is 5.02 Å². The first-order chi connectivity index (χ1) is 14.2. The fourth-order valence-electron chi connectivity index (χ4n) is 3.16. The zero-order valence-electron chi connectivity index (χ0n) is 16.5. The quantitative estimate of drug-likeness (QED) is 0.282. The van der Waals surface area contributed by atoms with Crippen LogP contribution in [0.25, 0.3) is 11.4 Å². The lowest BCUT2D eigenvalue weighted by Gasteiger charge is -2.15. The summed E-state index contributed by atoms with van der Waals surface area (Å²) in [5.74, 6) is 2.79. The van der Waals surface area contributed by atoms with Crippen molar-refractivity contribution in [1.82, 2.24) is 20.8 Å². The number of aliphatic imine (C=N–C) groups is 1. The van der Waals surface area contributed by atoms with Crippen LogP contribution in [0.1, 0.15) is 11.5 Å². The number of rotatable bonds is 6. The van der Waals surface area contributed by atoms with Gasteiger partial charge in [-0.3, -0.25) is 4.99 Å². The Labute approximate surface area is 197 Å². The minimum absolute atomic E-state index is 0. The fraction of sp³-hybridized carbons (Fsp3) is 0.286. The van der Waals surface area contributed by atoms with Gasteiger partial charge in [0.05, 0.1) is 6.54 Å². The van der Waals surface area contributed by atoms with E-state index in [1.165, 1.54) is 5.56 Å². The van der Waals surface area contributed by atoms with Crippen LogP contribution in [-0.4, -0.2) is 42.3 Å². The number of benzene rings is 2. The lowest BCUT2D eigenvalue weighted by molar-refractivity contribution is 0.235. The Bertz CT molecular complexity index is 968. The summed E-state index contributed by atoms with van der Waals surface area (Å²) in [7, 11) is 1.74. The Kier molecular flexibility index (Phi) is 7.92. The molecular formula is C21H23ClIN5O2. The molecule has 0 fully saturated rings. The van der Waals surface area contributed by atoms with Crippen LogP contribution < -0.4 is 15.4 Å². The largest absolute Gasteiger partial charge is 0.488 e. The van der Waals surface area contributed by atoms with Crippen molar-refractivity contribution < 1.29 is 9.26 Å². The van der Waals surface area contributed by atoms with Gasteiger partial charge in [0.1, 0.15) is 11.9 Å². The topological polar surface area (TPSA) is 84.6 Å². The van der Waals surface area contributed by atoms with Gasteiger partial charge in [-0.2, -0.15) is 4.98 Å². The van der Waals surface area contributed by atoms with Gasteiger partial charge in [-0.1, -0.05) is 35.0 Å².